The fourth-order valence-corrected chi connectivity index (χ4v) is 4.74. The van der Waals surface area contributed by atoms with Gasteiger partial charge in [0.15, 0.2) is 0 Å². The van der Waals surface area contributed by atoms with Crippen molar-refractivity contribution in [3.63, 3.8) is 0 Å². The summed E-state index contributed by atoms with van der Waals surface area (Å²) in [5, 5.41) is 0. The third-order valence-electron chi connectivity index (χ3n) is 6.46. The summed E-state index contributed by atoms with van der Waals surface area (Å²) in [5.74, 6) is 2.43. The molecule has 25 heavy (non-hydrogen) atoms. The van der Waals surface area contributed by atoms with Gasteiger partial charge in [-0.2, -0.15) is 0 Å². The molecule has 3 aliphatic rings. The lowest BCUT2D eigenvalue weighted by Gasteiger charge is -2.34. The number of fused-ring (bicyclic) bond motifs is 1. The van der Waals surface area contributed by atoms with E-state index in [4.69, 9.17) is 4.98 Å². The summed E-state index contributed by atoms with van der Waals surface area (Å²) in [7, 11) is 0. The lowest BCUT2D eigenvalue weighted by Crippen LogP contribution is -2.40. The van der Waals surface area contributed by atoms with Crippen LogP contribution >= 0.6 is 0 Å². The van der Waals surface area contributed by atoms with Crippen molar-refractivity contribution in [2.24, 2.45) is 11.8 Å². The fourth-order valence-electron chi connectivity index (χ4n) is 4.74. The van der Waals surface area contributed by atoms with Crippen molar-refractivity contribution in [3.05, 3.63) is 21.6 Å². The van der Waals surface area contributed by atoms with Gasteiger partial charge in [-0.1, -0.05) is 26.2 Å². The Morgan fingerprint density at radius 1 is 1.08 bits per heavy atom. The zero-order valence-electron chi connectivity index (χ0n) is 15.6. The summed E-state index contributed by atoms with van der Waals surface area (Å²) in [4.78, 5) is 25.3. The monoisotopic (exact) mass is 344 g/mol. The average molecular weight is 345 g/mol. The van der Waals surface area contributed by atoms with Crippen LogP contribution in [0, 0.1) is 11.8 Å². The Labute approximate surface area is 150 Å². The van der Waals surface area contributed by atoms with Crippen molar-refractivity contribution in [2.75, 3.05) is 31.1 Å². The normalized spacial score (nSPS) is 23.6. The van der Waals surface area contributed by atoms with E-state index in [2.05, 4.69) is 21.7 Å². The predicted octanol–water partition coefficient (Wildman–Crippen LogP) is 2.94. The first-order valence-electron chi connectivity index (χ1n) is 10.3. The highest BCUT2D eigenvalue weighted by Gasteiger charge is 2.25. The second-order valence-corrected chi connectivity index (χ2v) is 8.47. The van der Waals surface area contributed by atoms with E-state index in [-0.39, 0.29) is 5.56 Å². The predicted molar refractivity (Wildman–Crippen MR) is 101 cm³/mol. The standard InChI is InChI=1S/C20H32N4O/c1-15-7-11-24(12-8-15)20-21-18-14-23(10-9-17(18)19(25)22-20)13-16-5-3-2-4-6-16/h15-16H,2-14H2,1H3,(H,21,22,25). The fraction of sp³-hybridized carbons (Fsp3) is 0.800. The van der Waals surface area contributed by atoms with Crippen molar-refractivity contribution in [1.29, 1.82) is 0 Å². The summed E-state index contributed by atoms with van der Waals surface area (Å²) in [6, 6.07) is 0. The second-order valence-electron chi connectivity index (χ2n) is 8.47. The van der Waals surface area contributed by atoms with Gasteiger partial charge < -0.3 is 4.90 Å². The highest BCUT2D eigenvalue weighted by molar-refractivity contribution is 5.34. The van der Waals surface area contributed by atoms with Gasteiger partial charge >= 0.3 is 0 Å². The van der Waals surface area contributed by atoms with Gasteiger partial charge in [-0.15, -0.1) is 0 Å². The molecular formula is C20H32N4O. The molecule has 2 fully saturated rings. The maximum Gasteiger partial charge on any atom is 0.255 e. The van der Waals surface area contributed by atoms with Gasteiger partial charge in [0.25, 0.3) is 5.56 Å². The van der Waals surface area contributed by atoms with E-state index in [0.29, 0.717) is 0 Å². The van der Waals surface area contributed by atoms with E-state index in [1.807, 2.05) is 0 Å². The van der Waals surface area contributed by atoms with E-state index in [0.717, 1.165) is 61.6 Å². The number of piperidine rings is 1. The summed E-state index contributed by atoms with van der Waals surface area (Å²) in [6.45, 7) is 7.37. The van der Waals surface area contributed by atoms with Crippen LogP contribution in [0.5, 0.6) is 0 Å². The van der Waals surface area contributed by atoms with E-state index >= 15 is 0 Å². The molecule has 0 amide bonds. The van der Waals surface area contributed by atoms with Gasteiger partial charge in [-0.3, -0.25) is 14.7 Å². The maximum atomic E-state index is 12.5. The smallest absolute Gasteiger partial charge is 0.255 e. The van der Waals surface area contributed by atoms with Crippen LogP contribution in [0.15, 0.2) is 4.79 Å². The van der Waals surface area contributed by atoms with Crippen LogP contribution in [0.4, 0.5) is 5.95 Å². The molecule has 1 saturated heterocycles. The van der Waals surface area contributed by atoms with Crippen molar-refractivity contribution < 1.29 is 0 Å². The van der Waals surface area contributed by atoms with Crippen molar-refractivity contribution in [3.8, 4) is 0 Å². The molecule has 0 spiro atoms. The Morgan fingerprint density at radius 3 is 2.60 bits per heavy atom. The van der Waals surface area contributed by atoms with E-state index < -0.39 is 0 Å². The first-order valence-corrected chi connectivity index (χ1v) is 10.3. The zero-order chi connectivity index (χ0) is 17.2. The Bertz CT molecular complexity index is 642. The molecule has 1 aromatic heterocycles. The van der Waals surface area contributed by atoms with Crippen LogP contribution in [0.1, 0.15) is 63.1 Å². The van der Waals surface area contributed by atoms with Gasteiger partial charge in [0.05, 0.1) is 5.69 Å². The van der Waals surface area contributed by atoms with Crippen molar-refractivity contribution in [2.45, 2.75) is 64.8 Å². The van der Waals surface area contributed by atoms with Crippen LogP contribution < -0.4 is 10.5 Å². The van der Waals surface area contributed by atoms with Crippen LogP contribution in [0.25, 0.3) is 0 Å². The number of aromatic amines is 1. The SMILES string of the molecule is CC1CCN(c2nc3c(c(=O)[nH]2)CCN(CC2CCCCC2)C3)CC1. The number of nitrogens with zero attached hydrogens (tertiary/aromatic N) is 3. The molecule has 2 aliphatic heterocycles. The van der Waals surface area contributed by atoms with Crippen molar-refractivity contribution >= 4 is 5.95 Å². The van der Waals surface area contributed by atoms with Crippen LogP contribution in [0.2, 0.25) is 0 Å². The summed E-state index contributed by atoms with van der Waals surface area (Å²) < 4.78 is 0. The third kappa shape index (κ3) is 3.91. The van der Waals surface area contributed by atoms with Gasteiger partial charge in [-0.05, 0) is 43.9 Å². The minimum Gasteiger partial charge on any atom is -0.342 e. The van der Waals surface area contributed by atoms with Crippen LogP contribution in [-0.2, 0) is 13.0 Å². The number of nitrogens with one attached hydrogen (secondary N) is 1. The van der Waals surface area contributed by atoms with Gasteiger partial charge in [0, 0.05) is 38.3 Å². The molecule has 0 aromatic carbocycles. The molecule has 4 rings (SSSR count). The molecule has 0 atom stereocenters. The molecule has 0 radical (unpaired) electrons. The molecule has 138 valence electrons. The number of hydrogen-bond acceptors (Lipinski definition) is 4. The molecular weight excluding hydrogens is 312 g/mol. The van der Waals surface area contributed by atoms with E-state index in [9.17, 15) is 4.79 Å². The Kier molecular flexibility index (Phi) is 5.11. The minimum atomic E-state index is 0.0935. The molecule has 0 unspecified atom stereocenters. The first-order chi connectivity index (χ1) is 12.2. The molecule has 1 saturated carbocycles. The number of hydrogen-bond donors (Lipinski definition) is 1. The van der Waals surface area contributed by atoms with E-state index in [1.54, 1.807) is 0 Å². The lowest BCUT2D eigenvalue weighted by atomic mass is 9.88. The average Bonchev–Trinajstić information content (AvgIpc) is 2.63. The van der Waals surface area contributed by atoms with Crippen molar-refractivity contribution in [1.82, 2.24) is 14.9 Å². The highest BCUT2D eigenvalue weighted by atomic mass is 16.1. The Balaban J connectivity index is 1.47. The molecule has 5 nitrogen and oxygen atoms in total. The Hall–Kier alpha value is -1.36. The number of H-pyrrole nitrogens is 1. The van der Waals surface area contributed by atoms with Crippen LogP contribution in [-0.4, -0.2) is 41.0 Å². The zero-order valence-corrected chi connectivity index (χ0v) is 15.6. The van der Waals surface area contributed by atoms with E-state index in [1.165, 1.54) is 51.5 Å². The third-order valence-corrected chi connectivity index (χ3v) is 6.46. The highest BCUT2D eigenvalue weighted by Crippen LogP contribution is 2.26. The van der Waals surface area contributed by atoms with Crippen LogP contribution in [0.3, 0.4) is 0 Å². The summed E-state index contributed by atoms with van der Waals surface area (Å²) in [5.41, 5.74) is 2.05. The largest absolute Gasteiger partial charge is 0.342 e. The number of rotatable bonds is 3. The molecule has 1 aromatic rings. The van der Waals surface area contributed by atoms with Gasteiger partial charge in [0.2, 0.25) is 5.95 Å². The number of anilines is 1. The second kappa shape index (κ2) is 7.48. The molecule has 5 heteroatoms. The summed E-state index contributed by atoms with van der Waals surface area (Å²) in [6.07, 6.45) is 10.2. The first kappa shape index (κ1) is 17.1. The lowest BCUT2D eigenvalue weighted by molar-refractivity contribution is 0.184. The molecule has 1 aliphatic carbocycles. The Morgan fingerprint density at radius 2 is 1.84 bits per heavy atom. The van der Waals surface area contributed by atoms with Gasteiger partial charge in [0.1, 0.15) is 0 Å². The van der Waals surface area contributed by atoms with Gasteiger partial charge in [-0.25, -0.2) is 4.98 Å². The number of aromatic nitrogens is 2. The summed E-state index contributed by atoms with van der Waals surface area (Å²) >= 11 is 0. The minimum absolute atomic E-state index is 0.0935. The molecule has 1 N–H and O–H groups in total. The maximum absolute atomic E-state index is 12.5. The molecule has 3 heterocycles. The molecule has 0 bridgehead atoms. The topological polar surface area (TPSA) is 52.2 Å². The quantitative estimate of drug-likeness (QED) is 0.916.